The quantitative estimate of drug-likeness (QED) is 0.748. The number of sulfonamides is 1. The highest BCUT2D eigenvalue weighted by molar-refractivity contribution is 7.89. The van der Waals surface area contributed by atoms with E-state index in [9.17, 15) is 8.42 Å². The standard InChI is InChI=1S/C12H22N4O2S/c1-9-12(8-14-15-9)19(17,18)16-11(7-13)10-5-3-2-4-6-10/h8,10-11,16H,2-7,13H2,1H3,(H,14,15). The molecule has 7 heteroatoms. The third-order valence-electron chi connectivity index (χ3n) is 3.85. The molecule has 1 atom stereocenters. The van der Waals surface area contributed by atoms with Crippen molar-refractivity contribution in [3.8, 4) is 0 Å². The van der Waals surface area contributed by atoms with Gasteiger partial charge < -0.3 is 5.73 Å². The molecule has 0 aliphatic heterocycles. The molecule has 1 aliphatic rings. The number of rotatable bonds is 5. The van der Waals surface area contributed by atoms with Crippen LogP contribution in [-0.2, 0) is 10.0 Å². The first kappa shape index (κ1) is 14.5. The molecule has 1 aromatic rings. The van der Waals surface area contributed by atoms with Crippen LogP contribution in [0.25, 0.3) is 0 Å². The van der Waals surface area contributed by atoms with E-state index in [1.807, 2.05) is 0 Å². The smallest absolute Gasteiger partial charge is 0.244 e. The van der Waals surface area contributed by atoms with Gasteiger partial charge in [0.2, 0.25) is 10.0 Å². The van der Waals surface area contributed by atoms with Crippen LogP contribution in [0.5, 0.6) is 0 Å². The number of hydrogen-bond donors (Lipinski definition) is 3. The van der Waals surface area contributed by atoms with Gasteiger partial charge in [0.05, 0.1) is 11.9 Å². The molecule has 0 saturated heterocycles. The molecule has 1 fully saturated rings. The maximum Gasteiger partial charge on any atom is 0.244 e. The van der Waals surface area contributed by atoms with Crippen LogP contribution >= 0.6 is 0 Å². The van der Waals surface area contributed by atoms with Crippen LogP contribution in [0.15, 0.2) is 11.1 Å². The Balaban J connectivity index is 2.11. The van der Waals surface area contributed by atoms with Crippen molar-refractivity contribution >= 4 is 10.0 Å². The first-order valence-electron chi connectivity index (χ1n) is 6.77. The summed E-state index contributed by atoms with van der Waals surface area (Å²) in [5.74, 6) is 0.348. The van der Waals surface area contributed by atoms with Gasteiger partial charge in [0.15, 0.2) is 0 Å². The van der Waals surface area contributed by atoms with E-state index in [2.05, 4.69) is 14.9 Å². The van der Waals surface area contributed by atoms with Crippen molar-refractivity contribution < 1.29 is 8.42 Å². The largest absolute Gasteiger partial charge is 0.329 e. The topological polar surface area (TPSA) is 101 Å². The predicted molar refractivity (Wildman–Crippen MR) is 73.1 cm³/mol. The zero-order valence-corrected chi connectivity index (χ0v) is 12.0. The number of aromatic amines is 1. The zero-order valence-electron chi connectivity index (χ0n) is 11.2. The summed E-state index contributed by atoms with van der Waals surface area (Å²) >= 11 is 0. The molecule has 1 aliphatic carbocycles. The second-order valence-corrected chi connectivity index (χ2v) is 6.90. The van der Waals surface area contributed by atoms with Crippen LogP contribution in [0.2, 0.25) is 0 Å². The second-order valence-electron chi connectivity index (χ2n) is 5.22. The number of nitrogens with zero attached hydrogens (tertiary/aromatic N) is 1. The zero-order chi connectivity index (χ0) is 13.9. The van der Waals surface area contributed by atoms with Crippen LogP contribution in [-0.4, -0.2) is 31.2 Å². The molecule has 0 radical (unpaired) electrons. The number of hydrogen-bond acceptors (Lipinski definition) is 4. The van der Waals surface area contributed by atoms with Crippen LogP contribution in [0, 0.1) is 12.8 Å². The highest BCUT2D eigenvalue weighted by Crippen LogP contribution is 2.27. The van der Waals surface area contributed by atoms with E-state index in [4.69, 9.17) is 5.73 Å². The summed E-state index contributed by atoms with van der Waals surface area (Å²) in [4.78, 5) is 0.210. The fourth-order valence-corrected chi connectivity index (χ4v) is 4.20. The van der Waals surface area contributed by atoms with Crippen molar-refractivity contribution in [3.05, 3.63) is 11.9 Å². The van der Waals surface area contributed by atoms with Crippen LogP contribution < -0.4 is 10.5 Å². The van der Waals surface area contributed by atoms with Crippen molar-refractivity contribution in [2.24, 2.45) is 11.7 Å². The Kier molecular flexibility index (Phi) is 4.59. The van der Waals surface area contributed by atoms with E-state index >= 15 is 0 Å². The van der Waals surface area contributed by atoms with Crippen molar-refractivity contribution in [3.63, 3.8) is 0 Å². The van der Waals surface area contributed by atoms with Gasteiger partial charge in [-0.05, 0) is 25.7 Å². The van der Waals surface area contributed by atoms with Crippen molar-refractivity contribution in [2.45, 2.75) is 50.0 Å². The molecule has 2 rings (SSSR count). The van der Waals surface area contributed by atoms with Crippen molar-refractivity contribution in [1.29, 1.82) is 0 Å². The molecular weight excluding hydrogens is 264 g/mol. The Morgan fingerprint density at radius 1 is 1.47 bits per heavy atom. The van der Waals surface area contributed by atoms with Gasteiger partial charge in [-0.25, -0.2) is 13.1 Å². The molecule has 19 heavy (non-hydrogen) atoms. The van der Waals surface area contributed by atoms with E-state index < -0.39 is 10.0 Å². The van der Waals surface area contributed by atoms with Gasteiger partial charge in [-0.2, -0.15) is 5.10 Å². The maximum atomic E-state index is 12.3. The second kappa shape index (κ2) is 6.02. The number of aromatic nitrogens is 2. The average Bonchev–Trinajstić information content (AvgIpc) is 2.84. The van der Waals surface area contributed by atoms with Gasteiger partial charge in [0.25, 0.3) is 0 Å². The number of nitrogens with one attached hydrogen (secondary N) is 2. The molecule has 0 spiro atoms. The monoisotopic (exact) mass is 286 g/mol. The van der Waals surface area contributed by atoms with E-state index in [0.717, 1.165) is 25.7 Å². The summed E-state index contributed by atoms with van der Waals surface area (Å²) in [7, 11) is -3.53. The lowest BCUT2D eigenvalue weighted by atomic mass is 9.84. The van der Waals surface area contributed by atoms with Gasteiger partial charge in [0.1, 0.15) is 4.90 Å². The van der Waals surface area contributed by atoms with Gasteiger partial charge in [-0.1, -0.05) is 19.3 Å². The third kappa shape index (κ3) is 3.34. The van der Waals surface area contributed by atoms with Gasteiger partial charge >= 0.3 is 0 Å². The Hall–Kier alpha value is -0.920. The highest BCUT2D eigenvalue weighted by Gasteiger charge is 2.28. The SMILES string of the molecule is Cc1[nH]ncc1S(=O)(=O)NC(CN)C1CCCCC1. The minimum Gasteiger partial charge on any atom is -0.329 e. The molecule has 0 amide bonds. The average molecular weight is 286 g/mol. The molecule has 108 valence electrons. The maximum absolute atomic E-state index is 12.3. The van der Waals surface area contributed by atoms with E-state index in [-0.39, 0.29) is 10.9 Å². The first-order chi connectivity index (χ1) is 9.04. The Bertz CT molecular complexity index is 506. The molecule has 1 aromatic heterocycles. The number of H-pyrrole nitrogens is 1. The molecule has 1 unspecified atom stereocenters. The third-order valence-corrected chi connectivity index (χ3v) is 5.46. The summed E-state index contributed by atoms with van der Waals surface area (Å²) < 4.78 is 27.3. The minimum absolute atomic E-state index is 0.181. The fraction of sp³-hybridized carbons (Fsp3) is 0.750. The number of nitrogens with two attached hydrogens (primary N) is 1. The molecular formula is C12H22N4O2S. The van der Waals surface area contributed by atoms with Crippen molar-refractivity contribution in [2.75, 3.05) is 6.54 Å². The Morgan fingerprint density at radius 2 is 2.16 bits per heavy atom. The van der Waals surface area contributed by atoms with E-state index in [0.29, 0.717) is 18.2 Å². The van der Waals surface area contributed by atoms with Crippen molar-refractivity contribution in [1.82, 2.24) is 14.9 Å². The summed E-state index contributed by atoms with van der Waals surface area (Å²) in [6.45, 7) is 2.03. The Morgan fingerprint density at radius 3 is 2.68 bits per heavy atom. The molecule has 1 heterocycles. The van der Waals surface area contributed by atoms with E-state index in [1.54, 1.807) is 6.92 Å². The molecule has 1 saturated carbocycles. The molecule has 4 N–H and O–H groups in total. The summed E-state index contributed by atoms with van der Waals surface area (Å²) in [6.07, 6.45) is 7.00. The lowest BCUT2D eigenvalue weighted by molar-refractivity contribution is 0.294. The minimum atomic E-state index is -3.53. The normalized spacial score (nSPS) is 19.5. The van der Waals surface area contributed by atoms with Crippen LogP contribution in [0.3, 0.4) is 0 Å². The summed E-state index contributed by atoms with van der Waals surface area (Å²) in [5.41, 5.74) is 6.30. The Labute approximate surface area is 114 Å². The lowest BCUT2D eigenvalue weighted by Crippen LogP contribution is -2.45. The summed E-state index contributed by atoms with van der Waals surface area (Å²) in [6, 6.07) is -0.181. The lowest BCUT2D eigenvalue weighted by Gasteiger charge is -2.29. The fourth-order valence-electron chi connectivity index (χ4n) is 2.75. The van der Waals surface area contributed by atoms with Gasteiger partial charge in [0, 0.05) is 12.6 Å². The molecule has 6 nitrogen and oxygen atoms in total. The first-order valence-corrected chi connectivity index (χ1v) is 8.25. The van der Waals surface area contributed by atoms with Gasteiger partial charge in [-0.15, -0.1) is 0 Å². The predicted octanol–water partition coefficient (Wildman–Crippen LogP) is 0.904. The molecule has 0 aromatic carbocycles. The summed E-state index contributed by atoms with van der Waals surface area (Å²) in [5, 5.41) is 6.40. The van der Waals surface area contributed by atoms with Crippen LogP contribution in [0.4, 0.5) is 0 Å². The van der Waals surface area contributed by atoms with Crippen LogP contribution in [0.1, 0.15) is 37.8 Å². The highest BCUT2D eigenvalue weighted by atomic mass is 32.2. The number of aryl methyl sites for hydroxylation is 1. The van der Waals surface area contributed by atoms with E-state index in [1.165, 1.54) is 12.6 Å². The van der Waals surface area contributed by atoms with Gasteiger partial charge in [-0.3, -0.25) is 5.10 Å². The molecule has 0 bridgehead atoms.